The van der Waals surface area contributed by atoms with Crippen LogP contribution in [0.5, 0.6) is 0 Å². The summed E-state index contributed by atoms with van der Waals surface area (Å²) in [6.07, 6.45) is 3.01. The Hall–Kier alpha value is -2.08. The third-order valence-corrected chi connectivity index (χ3v) is 2.65. The lowest BCUT2D eigenvalue weighted by atomic mass is 10.1. The Bertz CT molecular complexity index is 599. The Morgan fingerprint density at radius 1 is 1.22 bits per heavy atom. The summed E-state index contributed by atoms with van der Waals surface area (Å²) in [5.74, 6) is -0.448. The SMILES string of the molecule is O=C(C(=NO)c1ccnc(Br)c1)c1ccccn1. The van der Waals surface area contributed by atoms with Crippen LogP contribution in [0.25, 0.3) is 0 Å². The smallest absolute Gasteiger partial charge is 0.233 e. The first-order valence-electron chi connectivity index (χ1n) is 5.02. The van der Waals surface area contributed by atoms with E-state index in [1.165, 1.54) is 12.4 Å². The number of aromatic nitrogens is 2. The van der Waals surface area contributed by atoms with Crippen molar-refractivity contribution < 1.29 is 10.0 Å². The number of carbonyl (C=O) groups is 1. The van der Waals surface area contributed by atoms with E-state index in [9.17, 15) is 4.79 Å². The fraction of sp³-hybridized carbons (Fsp3) is 0. The van der Waals surface area contributed by atoms with Gasteiger partial charge in [-0.15, -0.1) is 0 Å². The highest BCUT2D eigenvalue weighted by atomic mass is 79.9. The largest absolute Gasteiger partial charge is 0.410 e. The number of hydrogen-bond donors (Lipinski definition) is 1. The third-order valence-electron chi connectivity index (χ3n) is 2.21. The molecule has 0 atom stereocenters. The number of pyridine rings is 2. The van der Waals surface area contributed by atoms with E-state index in [0.29, 0.717) is 10.2 Å². The number of Topliss-reactive ketones (excluding diaryl/α,β-unsaturated/α-hetero) is 1. The Morgan fingerprint density at radius 3 is 2.67 bits per heavy atom. The van der Waals surface area contributed by atoms with Gasteiger partial charge in [-0.1, -0.05) is 11.2 Å². The van der Waals surface area contributed by atoms with E-state index in [-0.39, 0.29) is 11.4 Å². The average Bonchev–Trinajstić information content (AvgIpc) is 2.40. The van der Waals surface area contributed by atoms with Crippen molar-refractivity contribution >= 4 is 27.4 Å². The number of halogens is 1. The lowest BCUT2D eigenvalue weighted by molar-refractivity contribution is 0.105. The number of nitrogens with zero attached hydrogens (tertiary/aromatic N) is 3. The van der Waals surface area contributed by atoms with Crippen molar-refractivity contribution in [3.8, 4) is 0 Å². The van der Waals surface area contributed by atoms with Crippen molar-refractivity contribution in [3.05, 3.63) is 58.6 Å². The molecule has 0 saturated heterocycles. The first-order chi connectivity index (χ1) is 8.72. The van der Waals surface area contributed by atoms with Gasteiger partial charge in [0.25, 0.3) is 0 Å². The first kappa shape index (κ1) is 12.4. The third kappa shape index (κ3) is 2.60. The van der Waals surface area contributed by atoms with Crippen LogP contribution in [0.4, 0.5) is 0 Å². The maximum absolute atomic E-state index is 12.1. The van der Waals surface area contributed by atoms with Crippen LogP contribution in [0.3, 0.4) is 0 Å². The lowest BCUT2D eigenvalue weighted by Crippen LogP contribution is -2.17. The predicted molar refractivity (Wildman–Crippen MR) is 68.8 cm³/mol. The number of oxime groups is 1. The van der Waals surface area contributed by atoms with E-state index in [0.717, 1.165) is 0 Å². The molecule has 90 valence electrons. The topological polar surface area (TPSA) is 75.4 Å². The summed E-state index contributed by atoms with van der Waals surface area (Å²) in [6.45, 7) is 0. The summed E-state index contributed by atoms with van der Waals surface area (Å²) in [4.78, 5) is 20.0. The minimum absolute atomic E-state index is 0.0724. The van der Waals surface area contributed by atoms with Gasteiger partial charge < -0.3 is 5.21 Å². The van der Waals surface area contributed by atoms with Crippen molar-refractivity contribution in [3.63, 3.8) is 0 Å². The van der Waals surface area contributed by atoms with Gasteiger partial charge >= 0.3 is 0 Å². The second kappa shape index (κ2) is 5.50. The van der Waals surface area contributed by atoms with Crippen molar-refractivity contribution in [2.45, 2.75) is 0 Å². The molecule has 2 aromatic heterocycles. The van der Waals surface area contributed by atoms with Gasteiger partial charge in [-0.3, -0.25) is 9.78 Å². The number of hydrogen-bond acceptors (Lipinski definition) is 5. The van der Waals surface area contributed by atoms with E-state index in [2.05, 4.69) is 31.1 Å². The van der Waals surface area contributed by atoms with Crippen molar-refractivity contribution in [1.29, 1.82) is 0 Å². The highest BCUT2D eigenvalue weighted by molar-refractivity contribution is 9.10. The molecule has 6 heteroatoms. The normalized spacial score (nSPS) is 11.3. The molecule has 0 saturated carbocycles. The molecule has 2 rings (SSSR count). The van der Waals surface area contributed by atoms with Gasteiger partial charge in [0, 0.05) is 18.0 Å². The van der Waals surface area contributed by atoms with Crippen LogP contribution in [0.15, 0.2) is 52.5 Å². The Morgan fingerprint density at radius 2 is 2.06 bits per heavy atom. The van der Waals surface area contributed by atoms with E-state index in [4.69, 9.17) is 5.21 Å². The van der Waals surface area contributed by atoms with E-state index in [1.807, 2.05) is 0 Å². The maximum Gasteiger partial charge on any atom is 0.233 e. The molecular formula is C12H8BrN3O2. The zero-order valence-corrected chi connectivity index (χ0v) is 10.7. The van der Waals surface area contributed by atoms with Crippen molar-refractivity contribution in [2.75, 3.05) is 0 Å². The maximum atomic E-state index is 12.1. The van der Waals surface area contributed by atoms with Crippen LogP contribution >= 0.6 is 15.9 Å². The summed E-state index contributed by atoms with van der Waals surface area (Å²) in [5, 5.41) is 12.1. The molecule has 0 amide bonds. The predicted octanol–water partition coefficient (Wildman–Crippen LogP) is 2.30. The first-order valence-corrected chi connectivity index (χ1v) is 5.81. The van der Waals surface area contributed by atoms with Crippen molar-refractivity contribution in [2.24, 2.45) is 5.16 Å². The summed E-state index contributed by atoms with van der Waals surface area (Å²) < 4.78 is 0.551. The van der Waals surface area contributed by atoms with Gasteiger partial charge in [-0.25, -0.2) is 4.98 Å². The molecule has 0 aliphatic rings. The summed E-state index contributed by atoms with van der Waals surface area (Å²) in [7, 11) is 0. The molecule has 0 fully saturated rings. The molecule has 0 aliphatic carbocycles. The highest BCUT2D eigenvalue weighted by Gasteiger charge is 2.18. The number of rotatable bonds is 3. The molecule has 0 radical (unpaired) electrons. The molecule has 0 aliphatic heterocycles. The second-order valence-corrected chi connectivity index (χ2v) is 4.17. The van der Waals surface area contributed by atoms with Gasteiger partial charge in [0.2, 0.25) is 5.78 Å². The van der Waals surface area contributed by atoms with E-state index >= 15 is 0 Å². The monoisotopic (exact) mass is 305 g/mol. The number of ketones is 1. The summed E-state index contributed by atoms with van der Waals surface area (Å²) in [6, 6.07) is 8.13. The molecule has 0 aromatic carbocycles. The van der Waals surface area contributed by atoms with Crippen LogP contribution in [0, 0.1) is 0 Å². The van der Waals surface area contributed by atoms with Crippen LogP contribution in [0.2, 0.25) is 0 Å². The molecule has 0 spiro atoms. The Balaban J connectivity index is 2.39. The van der Waals surface area contributed by atoms with Gasteiger partial charge in [0.15, 0.2) is 5.71 Å². The van der Waals surface area contributed by atoms with Gasteiger partial charge in [0.05, 0.1) is 0 Å². The molecule has 1 N–H and O–H groups in total. The Labute approximate surface area is 111 Å². The van der Waals surface area contributed by atoms with Crippen LogP contribution in [-0.4, -0.2) is 26.7 Å². The zero-order chi connectivity index (χ0) is 13.0. The van der Waals surface area contributed by atoms with E-state index in [1.54, 1.807) is 30.3 Å². The van der Waals surface area contributed by atoms with Gasteiger partial charge in [-0.2, -0.15) is 0 Å². The van der Waals surface area contributed by atoms with Gasteiger partial charge in [-0.05, 0) is 40.2 Å². The van der Waals surface area contributed by atoms with Crippen molar-refractivity contribution in [1.82, 2.24) is 9.97 Å². The van der Waals surface area contributed by atoms with Crippen LogP contribution < -0.4 is 0 Å². The number of carbonyl (C=O) groups excluding carboxylic acids is 1. The molecule has 0 unspecified atom stereocenters. The molecule has 2 heterocycles. The summed E-state index contributed by atoms with van der Waals surface area (Å²) >= 11 is 3.19. The second-order valence-electron chi connectivity index (χ2n) is 3.36. The summed E-state index contributed by atoms with van der Waals surface area (Å²) in [5.41, 5.74) is 0.616. The van der Waals surface area contributed by atoms with Gasteiger partial charge in [0.1, 0.15) is 10.3 Å². The van der Waals surface area contributed by atoms with Crippen LogP contribution in [-0.2, 0) is 0 Å². The zero-order valence-electron chi connectivity index (χ0n) is 9.12. The quantitative estimate of drug-likeness (QED) is 0.310. The highest BCUT2D eigenvalue weighted by Crippen LogP contribution is 2.11. The molecule has 18 heavy (non-hydrogen) atoms. The van der Waals surface area contributed by atoms with Crippen LogP contribution in [0.1, 0.15) is 16.1 Å². The molecular weight excluding hydrogens is 298 g/mol. The average molecular weight is 306 g/mol. The molecule has 0 bridgehead atoms. The van der Waals surface area contributed by atoms with E-state index < -0.39 is 5.78 Å². The fourth-order valence-corrected chi connectivity index (χ4v) is 1.77. The molecule has 5 nitrogen and oxygen atoms in total. The molecule has 2 aromatic rings. The standard InChI is InChI=1S/C12H8BrN3O2/c13-10-7-8(4-6-15-10)11(16-18)12(17)9-3-1-2-5-14-9/h1-7,18H. The Kier molecular flexibility index (Phi) is 3.78. The lowest BCUT2D eigenvalue weighted by Gasteiger charge is -2.03. The fourth-order valence-electron chi connectivity index (χ4n) is 1.40. The minimum atomic E-state index is -0.448. The minimum Gasteiger partial charge on any atom is -0.410 e.